The molecular weight excluding hydrogens is 292 g/mol. The Hall–Kier alpha value is -1.59. The summed E-state index contributed by atoms with van der Waals surface area (Å²) in [5, 5.41) is 3.71. The third-order valence-corrected chi connectivity index (χ3v) is 3.72. The smallest absolute Gasteiger partial charge is 0.330 e. The number of carbonyl (C=O) groups is 2. The maximum Gasteiger partial charge on any atom is 0.330 e. The van der Waals surface area contributed by atoms with Crippen LogP contribution in [-0.4, -0.2) is 49.1 Å². The molecule has 1 aromatic carbocycles. The molecule has 1 N–H and O–H groups in total. The lowest BCUT2D eigenvalue weighted by Gasteiger charge is -2.34. The van der Waals surface area contributed by atoms with Crippen molar-refractivity contribution in [2.75, 3.05) is 26.2 Å². The van der Waals surface area contributed by atoms with Gasteiger partial charge in [0, 0.05) is 30.2 Å². The summed E-state index contributed by atoms with van der Waals surface area (Å²) in [6.07, 6.45) is 0. The number of aryl methyl sites for hydroxylation is 1. The Bertz CT molecular complexity index is 548. The molecule has 21 heavy (non-hydrogen) atoms. The van der Waals surface area contributed by atoms with Crippen molar-refractivity contribution in [1.29, 1.82) is 0 Å². The number of hydrogen-bond donors (Lipinski definition) is 1. The van der Waals surface area contributed by atoms with Crippen molar-refractivity contribution in [2.24, 2.45) is 0 Å². The molecule has 1 aliphatic rings. The minimum atomic E-state index is -0.582. The van der Waals surface area contributed by atoms with Gasteiger partial charge in [0.25, 0.3) is 5.91 Å². The van der Waals surface area contributed by atoms with Gasteiger partial charge >= 0.3 is 5.97 Å². The zero-order chi connectivity index (χ0) is 15.4. The molecule has 1 atom stereocenters. The van der Waals surface area contributed by atoms with E-state index in [1.807, 2.05) is 6.92 Å². The third-order valence-electron chi connectivity index (χ3n) is 3.48. The Morgan fingerprint density at radius 2 is 2.24 bits per heavy atom. The first-order valence-corrected chi connectivity index (χ1v) is 7.37. The number of nitrogens with zero attached hydrogens (tertiary/aromatic N) is 1. The van der Waals surface area contributed by atoms with E-state index in [0.717, 1.165) is 5.56 Å². The molecular formula is C15H19ClN2O3. The first-order chi connectivity index (χ1) is 10.0. The monoisotopic (exact) mass is 310 g/mol. The normalized spacial score (nSPS) is 18.4. The summed E-state index contributed by atoms with van der Waals surface area (Å²) in [5.41, 5.74) is 1.37. The van der Waals surface area contributed by atoms with Crippen LogP contribution in [0.25, 0.3) is 0 Å². The van der Waals surface area contributed by atoms with Crippen LogP contribution in [0.3, 0.4) is 0 Å². The first kappa shape index (κ1) is 15.8. The predicted octanol–water partition coefficient (Wildman–Crippen LogP) is 1.63. The van der Waals surface area contributed by atoms with Crippen molar-refractivity contribution in [3.05, 3.63) is 34.3 Å². The summed E-state index contributed by atoms with van der Waals surface area (Å²) in [6, 6.07) is 4.55. The van der Waals surface area contributed by atoms with Crippen molar-refractivity contribution in [3.8, 4) is 0 Å². The summed E-state index contributed by atoms with van der Waals surface area (Å²) in [7, 11) is 0. The molecule has 2 rings (SSSR count). The molecule has 1 amide bonds. The van der Waals surface area contributed by atoms with E-state index < -0.39 is 6.04 Å². The molecule has 0 bridgehead atoms. The van der Waals surface area contributed by atoms with Gasteiger partial charge in [-0.25, -0.2) is 4.79 Å². The Labute approximate surface area is 129 Å². The minimum absolute atomic E-state index is 0.163. The largest absolute Gasteiger partial charge is 0.464 e. The maximum atomic E-state index is 12.7. The highest BCUT2D eigenvalue weighted by Gasteiger charge is 2.34. The van der Waals surface area contributed by atoms with Crippen LogP contribution in [0.15, 0.2) is 18.2 Å². The fourth-order valence-corrected chi connectivity index (χ4v) is 2.64. The maximum absolute atomic E-state index is 12.7. The van der Waals surface area contributed by atoms with Crippen molar-refractivity contribution in [2.45, 2.75) is 19.9 Å². The van der Waals surface area contributed by atoms with Crippen molar-refractivity contribution < 1.29 is 14.3 Å². The lowest BCUT2D eigenvalue weighted by molar-refractivity contribution is -0.149. The summed E-state index contributed by atoms with van der Waals surface area (Å²) in [4.78, 5) is 26.3. The van der Waals surface area contributed by atoms with Gasteiger partial charge in [-0.05, 0) is 37.6 Å². The number of ether oxygens (including phenoxy) is 1. The Kier molecular flexibility index (Phi) is 5.20. The van der Waals surface area contributed by atoms with Crippen LogP contribution in [0, 0.1) is 6.92 Å². The fraction of sp³-hybridized carbons (Fsp3) is 0.467. The molecule has 6 heteroatoms. The topological polar surface area (TPSA) is 58.6 Å². The number of halogens is 1. The summed E-state index contributed by atoms with van der Waals surface area (Å²) in [5.74, 6) is -0.534. The second-order valence-corrected chi connectivity index (χ2v) is 5.37. The van der Waals surface area contributed by atoms with E-state index in [1.165, 1.54) is 0 Å². The number of esters is 1. The van der Waals surface area contributed by atoms with Gasteiger partial charge in [0.05, 0.1) is 6.61 Å². The molecule has 1 unspecified atom stereocenters. The zero-order valence-corrected chi connectivity index (χ0v) is 12.9. The number of hydrogen-bond acceptors (Lipinski definition) is 4. The standard InChI is InChI=1S/C15H19ClN2O3/c1-3-21-15(20)13-9-17-6-7-18(13)14(19)12-5-4-11(16)8-10(12)2/h4-5,8,13,17H,3,6-7,9H2,1-2H3. The van der Waals surface area contributed by atoms with E-state index >= 15 is 0 Å². The average molecular weight is 311 g/mol. The summed E-state index contributed by atoms with van der Waals surface area (Å²) in [6.45, 7) is 5.44. The number of rotatable bonds is 3. The Morgan fingerprint density at radius 1 is 1.48 bits per heavy atom. The molecule has 1 aromatic rings. The van der Waals surface area contributed by atoms with Gasteiger partial charge in [0.2, 0.25) is 0 Å². The number of carbonyl (C=O) groups excluding carboxylic acids is 2. The van der Waals surface area contributed by atoms with Crippen molar-refractivity contribution >= 4 is 23.5 Å². The van der Waals surface area contributed by atoms with Crippen LogP contribution in [0.4, 0.5) is 0 Å². The van der Waals surface area contributed by atoms with Crippen LogP contribution in [-0.2, 0) is 9.53 Å². The van der Waals surface area contributed by atoms with Gasteiger partial charge in [0.15, 0.2) is 0 Å². The molecule has 1 heterocycles. The minimum Gasteiger partial charge on any atom is -0.464 e. The highest BCUT2D eigenvalue weighted by molar-refractivity contribution is 6.30. The number of benzene rings is 1. The van der Waals surface area contributed by atoms with Crippen molar-refractivity contribution in [1.82, 2.24) is 10.2 Å². The molecule has 0 saturated carbocycles. The van der Waals surface area contributed by atoms with Crippen LogP contribution in [0.2, 0.25) is 5.02 Å². The number of nitrogens with one attached hydrogen (secondary N) is 1. The molecule has 0 aliphatic carbocycles. The second-order valence-electron chi connectivity index (χ2n) is 4.93. The average Bonchev–Trinajstić information content (AvgIpc) is 2.47. The molecule has 5 nitrogen and oxygen atoms in total. The van der Waals surface area contributed by atoms with Gasteiger partial charge in [-0.1, -0.05) is 11.6 Å². The SMILES string of the molecule is CCOC(=O)C1CNCCN1C(=O)c1ccc(Cl)cc1C. The summed E-state index contributed by atoms with van der Waals surface area (Å²) < 4.78 is 5.05. The van der Waals surface area contributed by atoms with Gasteiger partial charge in [-0.3, -0.25) is 4.79 Å². The zero-order valence-electron chi connectivity index (χ0n) is 12.2. The Morgan fingerprint density at radius 3 is 2.90 bits per heavy atom. The number of amides is 1. The van der Waals surface area contributed by atoms with Gasteiger partial charge < -0.3 is 15.0 Å². The van der Waals surface area contributed by atoms with E-state index in [1.54, 1.807) is 30.0 Å². The van der Waals surface area contributed by atoms with Gasteiger partial charge in [-0.15, -0.1) is 0 Å². The van der Waals surface area contributed by atoms with Crippen LogP contribution < -0.4 is 5.32 Å². The van der Waals surface area contributed by atoms with Crippen LogP contribution >= 0.6 is 11.6 Å². The molecule has 1 aliphatic heterocycles. The number of piperazine rings is 1. The molecule has 0 spiro atoms. The van der Waals surface area contributed by atoms with E-state index in [2.05, 4.69) is 5.32 Å². The second kappa shape index (κ2) is 6.91. The molecule has 1 fully saturated rings. The van der Waals surface area contributed by atoms with Crippen molar-refractivity contribution in [3.63, 3.8) is 0 Å². The highest BCUT2D eigenvalue weighted by atomic mass is 35.5. The van der Waals surface area contributed by atoms with E-state index in [4.69, 9.17) is 16.3 Å². The quantitative estimate of drug-likeness (QED) is 0.862. The predicted molar refractivity (Wildman–Crippen MR) is 80.5 cm³/mol. The summed E-state index contributed by atoms with van der Waals surface area (Å²) >= 11 is 5.92. The van der Waals surface area contributed by atoms with Gasteiger partial charge in [-0.2, -0.15) is 0 Å². The lowest BCUT2D eigenvalue weighted by Crippen LogP contribution is -2.57. The van der Waals surface area contributed by atoms with E-state index in [-0.39, 0.29) is 11.9 Å². The fourth-order valence-electron chi connectivity index (χ4n) is 2.42. The van der Waals surface area contributed by atoms with Crippen LogP contribution in [0.1, 0.15) is 22.8 Å². The van der Waals surface area contributed by atoms with E-state index in [0.29, 0.717) is 36.8 Å². The molecule has 1 saturated heterocycles. The molecule has 0 radical (unpaired) electrons. The highest BCUT2D eigenvalue weighted by Crippen LogP contribution is 2.19. The first-order valence-electron chi connectivity index (χ1n) is 6.99. The molecule has 114 valence electrons. The third kappa shape index (κ3) is 3.54. The van der Waals surface area contributed by atoms with Gasteiger partial charge in [0.1, 0.15) is 6.04 Å². The van der Waals surface area contributed by atoms with E-state index in [9.17, 15) is 9.59 Å². The molecule has 0 aromatic heterocycles. The van der Waals surface area contributed by atoms with Crippen LogP contribution in [0.5, 0.6) is 0 Å². The Balaban J connectivity index is 2.24. The lowest BCUT2D eigenvalue weighted by atomic mass is 10.1.